The molecule has 0 unspecified atom stereocenters. The molecule has 0 aliphatic heterocycles. The highest BCUT2D eigenvalue weighted by atomic mass is 16.5. The topological polar surface area (TPSA) is 114 Å². The number of rotatable bonds is 2. The van der Waals surface area contributed by atoms with Gasteiger partial charge in [0.15, 0.2) is 10.8 Å². The van der Waals surface area contributed by atoms with Gasteiger partial charge < -0.3 is 9.47 Å². The zero-order chi connectivity index (χ0) is 18.9. The van der Waals surface area contributed by atoms with Gasteiger partial charge in [-0.25, -0.2) is 0 Å². The van der Waals surface area contributed by atoms with Gasteiger partial charge in [0.1, 0.15) is 11.5 Å². The van der Waals surface area contributed by atoms with Crippen LogP contribution in [0.15, 0.2) is 24.3 Å². The number of methoxy groups -OCH3 is 2. The van der Waals surface area contributed by atoms with E-state index in [1.165, 1.54) is 14.2 Å². The van der Waals surface area contributed by atoms with E-state index in [0.717, 1.165) is 10.8 Å². The molecule has 0 saturated carbocycles. The molecular weight excluding hydrogens is 328 g/mol. The molecule has 6 nitrogen and oxygen atoms in total. The highest BCUT2D eigenvalue weighted by Gasteiger charge is 2.58. The molecule has 0 amide bonds. The quantitative estimate of drug-likeness (QED) is 0.828. The van der Waals surface area contributed by atoms with Crippen LogP contribution in [-0.4, -0.2) is 14.2 Å². The molecule has 6 heteroatoms. The van der Waals surface area contributed by atoms with E-state index in [2.05, 4.69) is 0 Å². The lowest BCUT2D eigenvalue weighted by molar-refractivity contribution is 0.264. The van der Waals surface area contributed by atoms with Crippen LogP contribution in [0.2, 0.25) is 0 Å². The van der Waals surface area contributed by atoms with Gasteiger partial charge in [0.25, 0.3) is 0 Å². The van der Waals surface area contributed by atoms with Crippen molar-refractivity contribution in [3.63, 3.8) is 0 Å². The Morgan fingerprint density at radius 2 is 1.08 bits per heavy atom. The predicted molar refractivity (Wildman–Crippen MR) is 91.8 cm³/mol. The molecule has 0 bridgehead atoms. The summed E-state index contributed by atoms with van der Waals surface area (Å²) in [6.45, 7) is 0. The SMILES string of the molecule is COc1c2c(c(OC)c3ccccc13)CC(C#N)(C#N)C(C#N)(C#N)C2. The summed E-state index contributed by atoms with van der Waals surface area (Å²) in [4.78, 5) is 0. The molecule has 2 aromatic carbocycles. The van der Waals surface area contributed by atoms with Gasteiger partial charge in [0.2, 0.25) is 0 Å². The van der Waals surface area contributed by atoms with E-state index in [1.807, 2.05) is 48.5 Å². The zero-order valence-electron chi connectivity index (χ0n) is 14.3. The molecule has 1 aliphatic rings. The van der Waals surface area contributed by atoms with Gasteiger partial charge in [0.05, 0.1) is 38.5 Å². The van der Waals surface area contributed by atoms with Crippen molar-refractivity contribution in [2.45, 2.75) is 12.8 Å². The predicted octanol–water partition coefficient (Wildman–Crippen LogP) is 3.02. The Morgan fingerprint density at radius 1 is 0.731 bits per heavy atom. The van der Waals surface area contributed by atoms with Gasteiger partial charge in [-0.1, -0.05) is 24.3 Å². The number of fused-ring (bicyclic) bond motifs is 2. The Balaban J connectivity index is 2.48. The monoisotopic (exact) mass is 342 g/mol. The zero-order valence-corrected chi connectivity index (χ0v) is 14.3. The molecule has 0 atom stereocenters. The highest BCUT2D eigenvalue weighted by Crippen LogP contribution is 2.54. The molecule has 0 radical (unpaired) electrons. The third-order valence-electron chi connectivity index (χ3n) is 5.11. The van der Waals surface area contributed by atoms with Crippen LogP contribution >= 0.6 is 0 Å². The van der Waals surface area contributed by atoms with E-state index in [9.17, 15) is 21.0 Å². The number of ether oxygens (including phenoxy) is 2. The fraction of sp³-hybridized carbons (Fsp3) is 0.300. The van der Waals surface area contributed by atoms with E-state index in [0.29, 0.717) is 22.6 Å². The summed E-state index contributed by atoms with van der Waals surface area (Å²) in [5, 5.41) is 40.5. The third-order valence-corrected chi connectivity index (χ3v) is 5.11. The first-order chi connectivity index (χ1) is 12.6. The van der Waals surface area contributed by atoms with E-state index in [4.69, 9.17) is 9.47 Å². The Morgan fingerprint density at radius 3 is 1.35 bits per heavy atom. The first kappa shape index (κ1) is 17.1. The average molecular weight is 342 g/mol. The van der Waals surface area contributed by atoms with Crippen LogP contribution in [0.4, 0.5) is 0 Å². The van der Waals surface area contributed by atoms with Gasteiger partial charge >= 0.3 is 0 Å². The van der Waals surface area contributed by atoms with Crippen molar-refractivity contribution in [1.29, 1.82) is 21.0 Å². The van der Waals surface area contributed by atoms with Crippen molar-refractivity contribution in [2.24, 2.45) is 10.8 Å². The van der Waals surface area contributed by atoms with Crippen molar-refractivity contribution in [1.82, 2.24) is 0 Å². The maximum atomic E-state index is 9.72. The summed E-state index contributed by atoms with van der Waals surface area (Å²) in [6, 6.07) is 15.2. The van der Waals surface area contributed by atoms with E-state index in [1.54, 1.807) is 0 Å². The summed E-state index contributed by atoms with van der Waals surface area (Å²) >= 11 is 0. The van der Waals surface area contributed by atoms with Crippen LogP contribution in [0, 0.1) is 56.2 Å². The molecular formula is C20H14N4O2. The molecule has 0 heterocycles. The molecule has 3 rings (SSSR count). The number of benzene rings is 2. The summed E-state index contributed by atoms with van der Waals surface area (Å²) in [7, 11) is 3.04. The molecule has 0 saturated heterocycles. The summed E-state index contributed by atoms with van der Waals surface area (Å²) < 4.78 is 11.2. The Hall–Kier alpha value is -3.74. The number of hydrogen-bond acceptors (Lipinski definition) is 6. The second-order valence-electron chi connectivity index (χ2n) is 6.18. The van der Waals surface area contributed by atoms with Gasteiger partial charge in [0, 0.05) is 34.7 Å². The summed E-state index contributed by atoms with van der Waals surface area (Å²) in [6.07, 6.45) is -0.165. The van der Waals surface area contributed by atoms with Gasteiger partial charge in [-0.15, -0.1) is 0 Å². The third kappa shape index (κ3) is 1.94. The summed E-state index contributed by atoms with van der Waals surface area (Å²) in [5.41, 5.74) is -2.31. The maximum absolute atomic E-state index is 9.72. The van der Waals surface area contributed by atoms with Gasteiger partial charge in [-0.05, 0) is 0 Å². The lowest BCUT2D eigenvalue weighted by Crippen LogP contribution is -2.45. The second-order valence-corrected chi connectivity index (χ2v) is 6.18. The van der Waals surface area contributed by atoms with Crippen LogP contribution < -0.4 is 9.47 Å². The lowest BCUT2D eigenvalue weighted by atomic mass is 9.56. The Bertz CT molecular complexity index is 962. The molecule has 2 aromatic rings. The van der Waals surface area contributed by atoms with Gasteiger partial charge in [-0.2, -0.15) is 21.0 Å². The van der Waals surface area contributed by atoms with Crippen molar-refractivity contribution in [2.75, 3.05) is 14.2 Å². The smallest absolute Gasteiger partial charge is 0.179 e. The molecule has 0 N–H and O–H groups in total. The van der Waals surface area contributed by atoms with Gasteiger partial charge in [-0.3, -0.25) is 0 Å². The van der Waals surface area contributed by atoms with Crippen LogP contribution in [0.1, 0.15) is 11.1 Å². The van der Waals surface area contributed by atoms with Crippen LogP contribution in [-0.2, 0) is 12.8 Å². The van der Waals surface area contributed by atoms with Crippen molar-refractivity contribution < 1.29 is 9.47 Å². The molecule has 26 heavy (non-hydrogen) atoms. The van der Waals surface area contributed by atoms with Crippen LogP contribution in [0.5, 0.6) is 11.5 Å². The summed E-state index contributed by atoms with van der Waals surface area (Å²) in [5.74, 6) is 1.08. The number of hydrogen-bond donors (Lipinski definition) is 0. The highest BCUT2D eigenvalue weighted by molar-refractivity contribution is 5.96. The van der Waals surface area contributed by atoms with E-state index >= 15 is 0 Å². The van der Waals surface area contributed by atoms with Crippen molar-refractivity contribution >= 4 is 10.8 Å². The van der Waals surface area contributed by atoms with Crippen LogP contribution in [0.25, 0.3) is 10.8 Å². The average Bonchev–Trinajstić information content (AvgIpc) is 2.70. The lowest BCUT2D eigenvalue weighted by Gasteiger charge is -2.38. The fourth-order valence-electron chi connectivity index (χ4n) is 3.74. The minimum absolute atomic E-state index is 0.0825. The largest absolute Gasteiger partial charge is 0.496 e. The number of nitriles is 4. The van der Waals surface area contributed by atoms with Crippen molar-refractivity contribution in [3.8, 4) is 35.8 Å². The minimum Gasteiger partial charge on any atom is -0.496 e. The minimum atomic E-state index is -1.79. The first-order valence-electron chi connectivity index (χ1n) is 7.86. The maximum Gasteiger partial charge on any atom is 0.179 e. The first-order valence-corrected chi connectivity index (χ1v) is 7.86. The molecule has 0 fully saturated rings. The molecule has 1 aliphatic carbocycles. The molecule has 0 spiro atoms. The fourth-order valence-corrected chi connectivity index (χ4v) is 3.74. The Kier molecular flexibility index (Phi) is 3.92. The van der Waals surface area contributed by atoms with Crippen molar-refractivity contribution in [3.05, 3.63) is 35.4 Å². The Labute approximate surface area is 151 Å². The normalized spacial score (nSPS) is 16.2. The van der Waals surface area contributed by atoms with Crippen LogP contribution in [0.3, 0.4) is 0 Å². The molecule has 126 valence electrons. The number of nitrogens with zero attached hydrogens (tertiary/aromatic N) is 4. The van der Waals surface area contributed by atoms with E-state index in [-0.39, 0.29) is 12.8 Å². The standard InChI is InChI=1S/C20H14N4O2/c1-25-17-13-5-3-4-6-14(13)18(26-2)16-8-20(11-23,12-24)19(9-21,10-22)7-15(16)17/h3-6H,7-8H2,1-2H3. The van der Waals surface area contributed by atoms with E-state index < -0.39 is 10.8 Å². The molecule has 0 aromatic heterocycles. The second kappa shape index (κ2) is 5.96.